The van der Waals surface area contributed by atoms with Crippen LogP contribution in [-0.4, -0.2) is 36.4 Å². The van der Waals surface area contributed by atoms with Gasteiger partial charge in [-0.15, -0.1) is 0 Å². The van der Waals surface area contributed by atoms with Gasteiger partial charge in [0.1, 0.15) is 5.60 Å². The van der Waals surface area contributed by atoms with Crippen molar-refractivity contribution in [2.24, 2.45) is 0 Å². The molecule has 0 radical (unpaired) electrons. The lowest BCUT2D eigenvalue weighted by atomic mass is 10.0. The van der Waals surface area contributed by atoms with Gasteiger partial charge < -0.3 is 15.2 Å². The molecule has 0 saturated carbocycles. The van der Waals surface area contributed by atoms with Gasteiger partial charge in [-0.25, -0.2) is 0 Å². The van der Waals surface area contributed by atoms with Crippen molar-refractivity contribution < 1.29 is 14.6 Å². The van der Waals surface area contributed by atoms with Crippen LogP contribution in [0.4, 0.5) is 0 Å². The number of aliphatic hydroxyl groups is 1. The highest BCUT2D eigenvalue weighted by molar-refractivity contribution is 5.76. The number of rotatable bonds is 5. The van der Waals surface area contributed by atoms with E-state index in [1.165, 1.54) is 0 Å². The second-order valence-electron chi connectivity index (χ2n) is 4.79. The van der Waals surface area contributed by atoms with Crippen LogP contribution in [0.5, 0.6) is 0 Å². The highest BCUT2D eigenvalue weighted by atomic mass is 16.5. The molecule has 4 heteroatoms. The number of amides is 1. The van der Waals surface area contributed by atoms with E-state index < -0.39 is 5.60 Å². The minimum Gasteiger partial charge on any atom is -0.386 e. The summed E-state index contributed by atoms with van der Waals surface area (Å²) in [5.41, 5.74) is 0.276. The number of hydrogen-bond acceptors (Lipinski definition) is 3. The molecule has 1 aliphatic rings. The Labute approximate surface area is 107 Å². The maximum Gasteiger partial charge on any atom is 0.220 e. The molecule has 0 aromatic heterocycles. The number of carbonyl (C=O) groups excluding carboxylic acids is 1. The zero-order chi connectivity index (χ0) is 12.8. The quantitative estimate of drug-likeness (QED) is 0.814. The molecule has 1 fully saturated rings. The first-order valence-electron chi connectivity index (χ1n) is 6.29. The van der Waals surface area contributed by atoms with E-state index in [4.69, 9.17) is 4.74 Å². The number of aryl methyl sites for hydroxylation is 1. The third kappa shape index (κ3) is 3.82. The van der Waals surface area contributed by atoms with Crippen LogP contribution in [0.2, 0.25) is 0 Å². The van der Waals surface area contributed by atoms with Crippen LogP contribution in [0.15, 0.2) is 30.3 Å². The first-order chi connectivity index (χ1) is 8.68. The Bertz CT molecular complexity index is 385. The fourth-order valence-electron chi connectivity index (χ4n) is 1.99. The van der Waals surface area contributed by atoms with Gasteiger partial charge in [0.2, 0.25) is 5.91 Å². The maximum atomic E-state index is 11.7. The van der Waals surface area contributed by atoms with Crippen LogP contribution >= 0.6 is 0 Å². The Morgan fingerprint density at radius 3 is 2.83 bits per heavy atom. The monoisotopic (exact) mass is 249 g/mol. The molecule has 1 aromatic rings. The van der Waals surface area contributed by atoms with Crippen LogP contribution in [0.25, 0.3) is 0 Å². The van der Waals surface area contributed by atoms with Crippen LogP contribution in [0.1, 0.15) is 18.4 Å². The third-order valence-electron chi connectivity index (χ3n) is 3.18. The lowest BCUT2D eigenvalue weighted by Crippen LogP contribution is -2.43. The first-order valence-corrected chi connectivity index (χ1v) is 6.29. The van der Waals surface area contributed by atoms with E-state index in [9.17, 15) is 9.90 Å². The fraction of sp³-hybridized carbons (Fsp3) is 0.500. The molecule has 1 saturated heterocycles. The normalized spacial score (nSPS) is 22.9. The van der Waals surface area contributed by atoms with Crippen LogP contribution < -0.4 is 5.32 Å². The summed E-state index contributed by atoms with van der Waals surface area (Å²) in [5.74, 6) is -0.0285. The summed E-state index contributed by atoms with van der Waals surface area (Å²) in [6.45, 7) is 1.16. The van der Waals surface area contributed by atoms with Gasteiger partial charge in [-0.2, -0.15) is 0 Å². The van der Waals surface area contributed by atoms with Gasteiger partial charge in [-0.3, -0.25) is 4.79 Å². The Morgan fingerprint density at radius 2 is 2.17 bits per heavy atom. The van der Waals surface area contributed by atoms with E-state index in [0.717, 1.165) is 12.0 Å². The molecule has 98 valence electrons. The Balaban J connectivity index is 1.69. The summed E-state index contributed by atoms with van der Waals surface area (Å²) in [6.07, 6.45) is 1.76. The molecule has 2 rings (SSSR count). The molecule has 0 spiro atoms. The van der Waals surface area contributed by atoms with Crippen molar-refractivity contribution in [3.63, 3.8) is 0 Å². The van der Waals surface area contributed by atoms with Gasteiger partial charge in [0, 0.05) is 26.0 Å². The van der Waals surface area contributed by atoms with Crippen molar-refractivity contribution in [3.05, 3.63) is 35.9 Å². The van der Waals surface area contributed by atoms with Crippen molar-refractivity contribution in [2.45, 2.75) is 24.9 Å². The number of carbonyl (C=O) groups is 1. The highest BCUT2D eigenvalue weighted by Gasteiger charge is 2.32. The molecule has 1 heterocycles. The lowest BCUT2D eigenvalue weighted by Gasteiger charge is -2.20. The molecule has 2 N–H and O–H groups in total. The molecule has 1 amide bonds. The van der Waals surface area contributed by atoms with E-state index in [0.29, 0.717) is 26.1 Å². The van der Waals surface area contributed by atoms with Crippen molar-refractivity contribution >= 4 is 5.91 Å². The van der Waals surface area contributed by atoms with Gasteiger partial charge >= 0.3 is 0 Å². The Hall–Kier alpha value is -1.39. The molecule has 1 atom stereocenters. The highest BCUT2D eigenvalue weighted by Crippen LogP contribution is 2.16. The minimum absolute atomic E-state index is 0.0285. The maximum absolute atomic E-state index is 11.7. The average Bonchev–Trinajstić information content (AvgIpc) is 2.83. The summed E-state index contributed by atoms with van der Waals surface area (Å²) < 4.78 is 5.12. The van der Waals surface area contributed by atoms with Gasteiger partial charge in [-0.05, 0) is 12.0 Å². The predicted octanol–water partition coefficient (Wildman–Crippen LogP) is 0.887. The zero-order valence-electron chi connectivity index (χ0n) is 10.4. The van der Waals surface area contributed by atoms with Gasteiger partial charge in [0.05, 0.1) is 6.61 Å². The predicted molar refractivity (Wildman–Crippen MR) is 68.2 cm³/mol. The SMILES string of the molecule is O=C(CCc1ccccc1)NCC1(O)CCOC1. The van der Waals surface area contributed by atoms with Crippen molar-refractivity contribution in [2.75, 3.05) is 19.8 Å². The van der Waals surface area contributed by atoms with E-state index in [1.54, 1.807) is 0 Å². The Kier molecular flexibility index (Phi) is 4.33. The summed E-state index contributed by atoms with van der Waals surface area (Å²) in [5, 5.41) is 12.8. The standard InChI is InChI=1S/C14H19NO3/c16-13(7-6-12-4-2-1-3-5-12)15-10-14(17)8-9-18-11-14/h1-5,17H,6-11H2,(H,15,16). The summed E-state index contributed by atoms with van der Waals surface area (Å²) >= 11 is 0. The molecule has 0 bridgehead atoms. The van der Waals surface area contributed by atoms with Crippen LogP contribution in [0.3, 0.4) is 0 Å². The first kappa shape index (κ1) is 13.1. The smallest absolute Gasteiger partial charge is 0.220 e. The number of benzene rings is 1. The van der Waals surface area contributed by atoms with Gasteiger partial charge in [0.25, 0.3) is 0 Å². The third-order valence-corrected chi connectivity index (χ3v) is 3.18. The largest absolute Gasteiger partial charge is 0.386 e. The number of ether oxygens (including phenoxy) is 1. The number of nitrogens with one attached hydrogen (secondary N) is 1. The number of hydrogen-bond donors (Lipinski definition) is 2. The van der Waals surface area contributed by atoms with Crippen LogP contribution in [-0.2, 0) is 16.0 Å². The lowest BCUT2D eigenvalue weighted by molar-refractivity contribution is -0.122. The second kappa shape index (κ2) is 5.98. The van der Waals surface area contributed by atoms with Crippen molar-refractivity contribution in [3.8, 4) is 0 Å². The molecule has 1 unspecified atom stereocenters. The molecule has 1 aromatic carbocycles. The fourth-order valence-corrected chi connectivity index (χ4v) is 1.99. The second-order valence-corrected chi connectivity index (χ2v) is 4.79. The van der Waals surface area contributed by atoms with Crippen molar-refractivity contribution in [1.29, 1.82) is 0 Å². The molecule has 4 nitrogen and oxygen atoms in total. The van der Waals surface area contributed by atoms with Crippen molar-refractivity contribution in [1.82, 2.24) is 5.32 Å². The summed E-state index contributed by atoms with van der Waals surface area (Å²) in [4.78, 5) is 11.7. The van der Waals surface area contributed by atoms with E-state index in [1.807, 2.05) is 30.3 Å². The van der Waals surface area contributed by atoms with Gasteiger partial charge in [-0.1, -0.05) is 30.3 Å². The molecule has 0 aliphatic carbocycles. The summed E-state index contributed by atoms with van der Waals surface area (Å²) in [7, 11) is 0. The Morgan fingerprint density at radius 1 is 1.39 bits per heavy atom. The van der Waals surface area contributed by atoms with E-state index >= 15 is 0 Å². The van der Waals surface area contributed by atoms with E-state index in [-0.39, 0.29) is 12.5 Å². The molecular weight excluding hydrogens is 230 g/mol. The van der Waals surface area contributed by atoms with Crippen LogP contribution in [0, 0.1) is 0 Å². The summed E-state index contributed by atoms with van der Waals surface area (Å²) in [6, 6.07) is 9.90. The molecular formula is C14H19NO3. The van der Waals surface area contributed by atoms with E-state index in [2.05, 4.69) is 5.32 Å². The topological polar surface area (TPSA) is 58.6 Å². The van der Waals surface area contributed by atoms with Gasteiger partial charge in [0.15, 0.2) is 0 Å². The molecule has 18 heavy (non-hydrogen) atoms. The molecule has 1 aliphatic heterocycles. The zero-order valence-corrected chi connectivity index (χ0v) is 10.4. The average molecular weight is 249 g/mol. The minimum atomic E-state index is -0.873.